The predicted molar refractivity (Wildman–Crippen MR) is 79.5 cm³/mol. The Balaban J connectivity index is 0.00000264. The number of halogens is 5. The van der Waals surface area contributed by atoms with Crippen molar-refractivity contribution in [2.24, 2.45) is 0 Å². The third-order valence-corrected chi connectivity index (χ3v) is 5.65. The summed E-state index contributed by atoms with van der Waals surface area (Å²) in [5.41, 5.74) is -1.58. The molecule has 4 nitrogen and oxygen atoms in total. The van der Waals surface area contributed by atoms with Gasteiger partial charge in [-0.3, -0.25) is 0 Å². The fraction of sp³-hybridized carbons (Fsp3) is 0.538. The lowest BCUT2D eigenvalue weighted by Crippen LogP contribution is -2.43. The molecule has 0 aromatic heterocycles. The summed E-state index contributed by atoms with van der Waals surface area (Å²) >= 11 is 0. The molecule has 0 radical (unpaired) electrons. The van der Waals surface area contributed by atoms with Gasteiger partial charge in [0.25, 0.3) is 0 Å². The van der Waals surface area contributed by atoms with Crippen molar-refractivity contribution in [2.45, 2.75) is 30.0 Å². The largest absolute Gasteiger partial charge is 0.419 e. The molecule has 23 heavy (non-hydrogen) atoms. The van der Waals surface area contributed by atoms with Crippen LogP contribution >= 0.6 is 12.4 Å². The van der Waals surface area contributed by atoms with Crippen molar-refractivity contribution in [1.29, 1.82) is 0 Å². The number of hydrogen-bond donors (Lipinski definition) is 1. The average Bonchev–Trinajstić information content (AvgIpc) is 2.46. The third kappa shape index (κ3) is 4.34. The summed E-state index contributed by atoms with van der Waals surface area (Å²) in [6.07, 6.45) is -3.80. The molecule has 0 amide bonds. The standard InChI is InChI=1S/C13H16F4N2O2S.ClH/c1-19(9-4-6-18-7-5-9)22(20,21)10-2-3-12(14)11(8-10)13(15,16)17;/h2-3,8-9,18H,4-7H2,1H3;1H. The maximum atomic E-state index is 13.3. The zero-order chi connectivity index (χ0) is 16.5. The number of nitrogens with zero attached hydrogens (tertiary/aromatic N) is 1. The molecule has 0 aliphatic carbocycles. The van der Waals surface area contributed by atoms with E-state index >= 15 is 0 Å². The van der Waals surface area contributed by atoms with Crippen molar-refractivity contribution < 1.29 is 26.0 Å². The molecule has 0 bridgehead atoms. The fourth-order valence-corrected chi connectivity index (χ4v) is 3.86. The highest BCUT2D eigenvalue weighted by Crippen LogP contribution is 2.33. The number of rotatable bonds is 3. The first-order valence-electron chi connectivity index (χ1n) is 6.69. The Hall–Kier alpha value is -0.900. The highest BCUT2D eigenvalue weighted by Gasteiger charge is 2.36. The second-order valence-corrected chi connectivity index (χ2v) is 7.14. The van der Waals surface area contributed by atoms with Gasteiger partial charge < -0.3 is 5.32 Å². The molecule has 1 aromatic carbocycles. The van der Waals surface area contributed by atoms with E-state index in [1.54, 1.807) is 0 Å². The number of hydrogen-bond acceptors (Lipinski definition) is 3. The molecule has 2 rings (SSSR count). The fourth-order valence-electron chi connectivity index (χ4n) is 2.41. The van der Waals surface area contributed by atoms with Gasteiger partial charge in [-0.25, -0.2) is 12.8 Å². The Bertz CT molecular complexity index is 646. The average molecular weight is 377 g/mol. The van der Waals surface area contributed by atoms with E-state index in [-0.39, 0.29) is 18.4 Å². The van der Waals surface area contributed by atoms with Crippen LogP contribution in [0.3, 0.4) is 0 Å². The van der Waals surface area contributed by atoms with Gasteiger partial charge in [-0.05, 0) is 44.1 Å². The molecule has 0 saturated carbocycles. The van der Waals surface area contributed by atoms with Crippen LogP contribution in [0.4, 0.5) is 17.6 Å². The molecule has 0 spiro atoms. The zero-order valence-electron chi connectivity index (χ0n) is 12.2. The van der Waals surface area contributed by atoms with Gasteiger partial charge in [0, 0.05) is 13.1 Å². The van der Waals surface area contributed by atoms with Gasteiger partial charge >= 0.3 is 6.18 Å². The summed E-state index contributed by atoms with van der Waals surface area (Å²) < 4.78 is 77.4. The molecule has 1 fully saturated rings. The van der Waals surface area contributed by atoms with Gasteiger partial charge in [-0.1, -0.05) is 0 Å². The van der Waals surface area contributed by atoms with Crippen LogP contribution in [0.2, 0.25) is 0 Å². The van der Waals surface area contributed by atoms with Crippen LogP contribution in [-0.2, 0) is 16.2 Å². The number of benzene rings is 1. The van der Waals surface area contributed by atoms with Crippen LogP contribution in [0, 0.1) is 5.82 Å². The molecule has 1 N–H and O–H groups in total. The number of sulfonamides is 1. The Morgan fingerprint density at radius 1 is 1.22 bits per heavy atom. The topological polar surface area (TPSA) is 49.4 Å². The molecular formula is C13H17ClF4N2O2S. The number of piperidine rings is 1. The Morgan fingerprint density at radius 2 is 1.78 bits per heavy atom. The summed E-state index contributed by atoms with van der Waals surface area (Å²) in [6.45, 7) is 1.28. The lowest BCUT2D eigenvalue weighted by atomic mass is 10.1. The molecule has 1 heterocycles. The highest BCUT2D eigenvalue weighted by atomic mass is 35.5. The molecular weight excluding hydrogens is 360 g/mol. The van der Waals surface area contributed by atoms with Crippen LogP contribution in [0.15, 0.2) is 23.1 Å². The highest BCUT2D eigenvalue weighted by molar-refractivity contribution is 7.89. The van der Waals surface area contributed by atoms with E-state index in [0.717, 1.165) is 10.4 Å². The van der Waals surface area contributed by atoms with Gasteiger partial charge in [0.1, 0.15) is 5.82 Å². The molecule has 1 aromatic rings. The van der Waals surface area contributed by atoms with E-state index in [0.29, 0.717) is 38.1 Å². The summed E-state index contributed by atoms with van der Waals surface area (Å²) in [5, 5.41) is 3.08. The Labute approximate surface area is 138 Å². The van der Waals surface area contributed by atoms with Gasteiger partial charge in [0.05, 0.1) is 10.5 Å². The van der Waals surface area contributed by atoms with E-state index in [9.17, 15) is 26.0 Å². The van der Waals surface area contributed by atoms with Crippen molar-refractivity contribution in [1.82, 2.24) is 9.62 Å². The summed E-state index contributed by atoms with van der Waals surface area (Å²) in [4.78, 5) is -0.553. The van der Waals surface area contributed by atoms with Gasteiger partial charge in [-0.15, -0.1) is 12.4 Å². The lowest BCUT2D eigenvalue weighted by molar-refractivity contribution is -0.140. The minimum atomic E-state index is -4.94. The maximum Gasteiger partial charge on any atom is 0.419 e. The van der Waals surface area contributed by atoms with Crippen molar-refractivity contribution in [3.8, 4) is 0 Å². The summed E-state index contributed by atoms with van der Waals surface area (Å²) in [7, 11) is -2.76. The molecule has 0 unspecified atom stereocenters. The first kappa shape index (κ1) is 20.1. The molecule has 132 valence electrons. The van der Waals surface area contributed by atoms with Crippen LogP contribution in [0.25, 0.3) is 0 Å². The van der Waals surface area contributed by atoms with E-state index in [4.69, 9.17) is 0 Å². The monoisotopic (exact) mass is 376 g/mol. The number of nitrogens with one attached hydrogen (secondary N) is 1. The third-order valence-electron chi connectivity index (χ3n) is 3.74. The smallest absolute Gasteiger partial charge is 0.317 e. The Kier molecular flexibility index (Phi) is 6.42. The minimum Gasteiger partial charge on any atom is -0.317 e. The van der Waals surface area contributed by atoms with Crippen molar-refractivity contribution in [2.75, 3.05) is 20.1 Å². The first-order chi connectivity index (χ1) is 10.1. The number of alkyl halides is 3. The quantitative estimate of drug-likeness (QED) is 0.825. The van der Waals surface area contributed by atoms with Crippen LogP contribution in [0.5, 0.6) is 0 Å². The van der Waals surface area contributed by atoms with E-state index < -0.39 is 32.5 Å². The van der Waals surface area contributed by atoms with E-state index in [1.807, 2.05) is 0 Å². The Morgan fingerprint density at radius 3 is 2.30 bits per heavy atom. The lowest BCUT2D eigenvalue weighted by Gasteiger charge is -2.31. The van der Waals surface area contributed by atoms with E-state index in [1.165, 1.54) is 7.05 Å². The van der Waals surface area contributed by atoms with Gasteiger partial charge in [-0.2, -0.15) is 17.5 Å². The normalized spacial score (nSPS) is 17.1. The van der Waals surface area contributed by atoms with Crippen molar-refractivity contribution in [3.63, 3.8) is 0 Å². The second kappa shape index (κ2) is 7.33. The maximum absolute atomic E-state index is 13.3. The van der Waals surface area contributed by atoms with Crippen molar-refractivity contribution >= 4 is 22.4 Å². The molecule has 1 saturated heterocycles. The van der Waals surface area contributed by atoms with Crippen LogP contribution in [-0.4, -0.2) is 38.9 Å². The van der Waals surface area contributed by atoms with Crippen LogP contribution < -0.4 is 5.32 Å². The van der Waals surface area contributed by atoms with Crippen molar-refractivity contribution in [3.05, 3.63) is 29.6 Å². The SMILES string of the molecule is CN(C1CCNCC1)S(=O)(=O)c1ccc(F)c(C(F)(F)F)c1.Cl. The van der Waals surface area contributed by atoms with Gasteiger partial charge in [0.15, 0.2) is 0 Å². The first-order valence-corrected chi connectivity index (χ1v) is 8.13. The molecule has 10 heteroatoms. The summed E-state index contributed by atoms with van der Waals surface area (Å²) in [6, 6.07) is 1.46. The molecule has 1 aliphatic rings. The molecule has 0 atom stereocenters. The molecule has 1 aliphatic heterocycles. The predicted octanol–water partition coefficient (Wildman–Crippen LogP) is 2.64. The second-order valence-electron chi connectivity index (χ2n) is 5.14. The van der Waals surface area contributed by atoms with Gasteiger partial charge in [0.2, 0.25) is 10.0 Å². The zero-order valence-corrected chi connectivity index (χ0v) is 13.9. The van der Waals surface area contributed by atoms with Crippen LogP contribution in [0.1, 0.15) is 18.4 Å². The van der Waals surface area contributed by atoms with E-state index in [2.05, 4.69) is 5.32 Å². The minimum absolute atomic E-state index is 0. The summed E-state index contributed by atoms with van der Waals surface area (Å²) in [5.74, 6) is -1.49.